The Hall–Kier alpha value is -4.25. The standard InChI is InChI=1S/C27H32N4O7/c1-17(2)36-27(35)38-18(3)37-26(34)22(16-32)14-23(29-25(33)24-15-28-31-30-24)13-19-9-11-21(12-10-19)20-7-5-4-6-8-20/h4-12,15,17-18,22-23,32H,13-14,16H2,1-3H3,(H,29,33)(H,28,30,31)/t18?,22-,23+/m0/s1. The van der Waals surface area contributed by atoms with Gasteiger partial charge < -0.3 is 24.6 Å². The second-order valence-electron chi connectivity index (χ2n) is 8.96. The molecule has 3 atom stereocenters. The lowest BCUT2D eigenvalue weighted by Crippen LogP contribution is -2.40. The van der Waals surface area contributed by atoms with E-state index in [2.05, 4.69) is 20.7 Å². The number of carbonyl (C=O) groups is 3. The number of esters is 1. The summed E-state index contributed by atoms with van der Waals surface area (Å²) in [4.78, 5) is 37.1. The zero-order valence-corrected chi connectivity index (χ0v) is 21.5. The number of aromatic amines is 1. The molecule has 0 bridgehead atoms. The van der Waals surface area contributed by atoms with Gasteiger partial charge >= 0.3 is 12.1 Å². The molecule has 0 aliphatic rings. The molecule has 0 fully saturated rings. The molecule has 0 aliphatic carbocycles. The van der Waals surface area contributed by atoms with Crippen molar-refractivity contribution in [1.29, 1.82) is 0 Å². The van der Waals surface area contributed by atoms with Crippen LogP contribution in [0, 0.1) is 5.92 Å². The predicted octanol–water partition coefficient (Wildman–Crippen LogP) is 3.26. The van der Waals surface area contributed by atoms with Crippen molar-refractivity contribution in [3.63, 3.8) is 0 Å². The first-order chi connectivity index (χ1) is 18.2. The summed E-state index contributed by atoms with van der Waals surface area (Å²) >= 11 is 0. The highest BCUT2D eigenvalue weighted by molar-refractivity contribution is 5.92. The van der Waals surface area contributed by atoms with Gasteiger partial charge in [0.25, 0.3) is 5.91 Å². The third-order valence-corrected chi connectivity index (χ3v) is 5.54. The number of aromatic nitrogens is 3. The highest BCUT2D eigenvalue weighted by atomic mass is 16.8. The van der Waals surface area contributed by atoms with Crippen LogP contribution in [0.1, 0.15) is 43.2 Å². The molecule has 2 aromatic carbocycles. The van der Waals surface area contributed by atoms with Gasteiger partial charge in [0.15, 0.2) is 0 Å². The van der Waals surface area contributed by atoms with Gasteiger partial charge in [-0.15, -0.1) is 5.10 Å². The normalized spacial score (nSPS) is 13.3. The van der Waals surface area contributed by atoms with E-state index in [1.807, 2.05) is 54.6 Å². The van der Waals surface area contributed by atoms with Gasteiger partial charge in [-0.2, -0.15) is 0 Å². The lowest BCUT2D eigenvalue weighted by molar-refractivity contribution is -0.175. The molecule has 3 N–H and O–H groups in total. The summed E-state index contributed by atoms with van der Waals surface area (Å²) in [6.07, 6.45) is -0.874. The monoisotopic (exact) mass is 524 g/mol. The second kappa shape index (κ2) is 13.9. The van der Waals surface area contributed by atoms with E-state index in [-0.39, 0.29) is 12.1 Å². The lowest BCUT2D eigenvalue weighted by Gasteiger charge is -2.24. The fraction of sp³-hybridized carbons (Fsp3) is 0.370. The molecule has 0 saturated heterocycles. The largest absolute Gasteiger partial charge is 0.511 e. The Labute approximate surface area is 220 Å². The van der Waals surface area contributed by atoms with Crippen molar-refractivity contribution >= 4 is 18.0 Å². The number of aliphatic hydroxyl groups excluding tert-OH is 1. The van der Waals surface area contributed by atoms with E-state index in [0.717, 1.165) is 16.7 Å². The molecule has 1 amide bonds. The third-order valence-electron chi connectivity index (χ3n) is 5.54. The summed E-state index contributed by atoms with van der Waals surface area (Å²) in [5.74, 6) is -2.23. The van der Waals surface area contributed by atoms with Crippen LogP contribution in [0.2, 0.25) is 0 Å². The van der Waals surface area contributed by atoms with Crippen molar-refractivity contribution in [2.45, 2.75) is 52.0 Å². The average molecular weight is 525 g/mol. The minimum atomic E-state index is -1.22. The Kier molecular flexibility index (Phi) is 10.4. The highest BCUT2D eigenvalue weighted by Gasteiger charge is 2.28. The molecule has 38 heavy (non-hydrogen) atoms. The van der Waals surface area contributed by atoms with E-state index in [1.54, 1.807) is 13.8 Å². The topological polar surface area (TPSA) is 153 Å². The number of carbonyl (C=O) groups excluding carboxylic acids is 3. The summed E-state index contributed by atoms with van der Waals surface area (Å²) in [6.45, 7) is 4.14. The average Bonchev–Trinajstić information content (AvgIpc) is 3.43. The minimum Gasteiger partial charge on any atom is -0.431 e. The van der Waals surface area contributed by atoms with Crippen LogP contribution in [0.3, 0.4) is 0 Å². The zero-order valence-electron chi connectivity index (χ0n) is 21.5. The van der Waals surface area contributed by atoms with Gasteiger partial charge in [0.05, 0.1) is 24.8 Å². The molecule has 0 saturated carbocycles. The number of hydrogen-bond donors (Lipinski definition) is 3. The number of aliphatic hydroxyl groups is 1. The number of hydrogen-bond acceptors (Lipinski definition) is 9. The molecule has 11 nitrogen and oxygen atoms in total. The van der Waals surface area contributed by atoms with Crippen LogP contribution in [0.25, 0.3) is 11.1 Å². The third kappa shape index (κ3) is 8.70. The maximum atomic E-state index is 12.7. The number of ether oxygens (including phenoxy) is 3. The van der Waals surface area contributed by atoms with Crippen LogP contribution < -0.4 is 5.32 Å². The maximum absolute atomic E-state index is 12.7. The summed E-state index contributed by atoms with van der Waals surface area (Å²) in [5, 5.41) is 22.5. The molecule has 202 valence electrons. The van der Waals surface area contributed by atoms with Crippen LogP contribution in [0.4, 0.5) is 4.79 Å². The number of nitrogens with one attached hydrogen (secondary N) is 2. The van der Waals surface area contributed by atoms with Crippen LogP contribution >= 0.6 is 0 Å². The molecule has 0 spiro atoms. The van der Waals surface area contributed by atoms with Gasteiger partial charge in [-0.1, -0.05) is 59.8 Å². The molecular weight excluding hydrogens is 492 g/mol. The number of H-pyrrole nitrogens is 1. The Morgan fingerprint density at radius 1 is 0.947 bits per heavy atom. The second-order valence-corrected chi connectivity index (χ2v) is 8.96. The predicted molar refractivity (Wildman–Crippen MR) is 137 cm³/mol. The van der Waals surface area contributed by atoms with Crippen LogP contribution in [0.15, 0.2) is 60.8 Å². The van der Waals surface area contributed by atoms with Gasteiger partial charge in [0.1, 0.15) is 5.69 Å². The molecule has 0 radical (unpaired) electrons. The molecule has 1 heterocycles. The van der Waals surface area contributed by atoms with Gasteiger partial charge in [0.2, 0.25) is 6.29 Å². The van der Waals surface area contributed by atoms with E-state index in [1.165, 1.54) is 13.1 Å². The molecule has 0 aliphatic heterocycles. The van der Waals surface area contributed by atoms with Gasteiger partial charge in [0, 0.05) is 13.0 Å². The zero-order chi connectivity index (χ0) is 27.5. The number of benzene rings is 2. The summed E-state index contributed by atoms with van der Waals surface area (Å²) in [7, 11) is 0. The SMILES string of the molecule is CC(C)OC(=O)OC(C)OC(=O)[C@H](CO)C[C@@H](Cc1ccc(-c2ccccc2)cc1)NC(=O)c1cnn[nH]1. The van der Waals surface area contributed by atoms with Crippen LogP contribution in [0.5, 0.6) is 0 Å². The molecule has 3 rings (SSSR count). The van der Waals surface area contributed by atoms with Crippen molar-refractivity contribution < 1.29 is 33.7 Å². The van der Waals surface area contributed by atoms with E-state index >= 15 is 0 Å². The van der Waals surface area contributed by atoms with Crippen molar-refractivity contribution in [3.05, 3.63) is 72.1 Å². The molecule has 1 aromatic heterocycles. The summed E-state index contributed by atoms with van der Waals surface area (Å²) in [6, 6.07) is 17.2. The maximum Gasteiger partial charge on any atom is 0.511 e. The quantitative estimate of drug-likeness (QED) is 0.239. The fourth-order valence-electron chi connectivity index (χ4n) is 3.74. The molecular formula is C27H32N4O7. The summed E-state index contributed by atoms with van der Waals surface area (Å²) in [5.41, 5.74) is 3.19. The summed E-state index contributed by atoms with van der Waals surface area (Å²) < 4.78 is 15.0. The van der Waals surface area contributed by atoms with Crippen molar-refractivity contribution in [1.82, 2.24) is 20.7 Å². The number of amides is 1. The smallest absolute Gasteiger partial charge is 0.431 e. The lowest BCUT2D eigenvalue weighted by atomic mass is 9.94. The van der Waals surface area contributed by atoms with Gasteiger partial charge in [-0.05, 0) is 43.4 Å². The van der Waals surface area contributed by atoms with E-state index in [4.69, 9.17) is 14.2 Å². The Bertz CT molecular complexity index is 1170. The Morgan fingerprint density at radius 2 is 1.63 bits per heavy atom. The number of rotatable bonds is 12. The van der Waals surface area contributed by atoms with Gasteiger partial charge in [-0.3, -0.25) is 14.7 Å². The van der Waals surface area contributed by atoms with Crippen LogP contribution in [-0.2, 0) is 25.4 Å². The van der Waals surface area contributed by atoms with Crippen molar-refractivity contribution in [2.75, 3.05) is 6.61 Å². The fourth-order valence-corrected chi connectivity index (χ4v) is 3.74. The minimum absolute atomic E-state index is 0.0617. The van der Waals surface area contributed by atoms with Crippen molar-refractivity contribution in [2.24, 2.45) is 5.92 Å². The highest BCUT2D eigenvalue weighted by Crippen LogP contribution is 2.21. The molecule has 1 unspecified atom stereocenters. The van der Waals surface area contributed by atoms with Gasteiger partial charge in [-0.25, -0.2) is 4.79 Å². The Balaban J connectivity index is 1.69. The first-order valence-electron chi connectivity index (χ1n) is 12.2. The first-order valence-corrected chi connectivity index (χ1v) is 12.2. The van der Waals surface area contributed by atoms with E-state index in [9.17, 15) is 19.5 Å². The molecule has 11 heteroatoms. The van der Waals surface area contributed by atoms with E-state index in [0.29, 0.717) is 6.42 Å². The van der Waals surface area contributed by atoms with E-state index < -0.39 is 49.0 Å². The first kappa shape index (κ1) is 28.3. The molecule has 3 aromatic rings. The van der Waals surface area contributed by atoms with Crippen molar-refractivity contribution in [3.8, 4) is 11.1 Å². The Morgan fingerprint density at radius 3 is 2.24 bits per heavy atom. The number of nitrogens with zero attached hydrogens (tertiary/aromatic N) is 2. The van der Waals surface area contributed by atoms with Crippen LogP contribution in [-0.4, -0.2) is 63.6 Å².